The molecule has 2 aromatic carbocycles. The minimum absolute atomic E-state index is 0.0560. The molecule has 3 N–H and O–H groups in total. The van der Waals surface area contributed by atoms with Crippen LogP contribution in [0.3, 0.4) is 0 Å². The van der Waals surface area contributed by atoms with Crippen molar-refractivity contribution in [2.45, 2.75) is 26.2 Å². The summed E-state index contributed by atoms with van der Waals surface area (Å²) >= 11 is 0. The van der Waals surface area contributed by atoms with E-state index in [0.29, 0.717) is 11.6 Å². The van der Waals surface area contributed by atoms with E-state index in [1.54, 1.807) is 0 Å². The normalized spacial score (nSPS) is 16.9. The van der Waals surface area contributed by atoms with Crippen LogP contribution in [0.2, 0.25) is 0 Å². The zero-order valence-corrected chi connectivity index (χ0v) is 12.4. The molecule has 0 aromatic heterocycles. The van der Waals surface area contributed by atoms with Crippen LogP contribution in [0, 0.1) is 5.92 Å². The number of rotatable bonds is 2. The number of anilines is 2. The number of nitrogens with one attached hydrogen (secondary N) is 1. The highest BCUT2D eigenvalue weighted by molar-refractivity contribution is 6.05. The fraction of sp³-hybridized carbons (Fsp3) is 0.278. The summed E-state index contributed by atoms with van der Waals surface area (Å²) in [7, 11) is 0. The number of hydrogen-bond donors (Lipinski definition) is 2. The predicted octanol–water partition coefficient (Wildman–Crippen LogP) is 4.02. The largest absolute Gasteiger partial charge is 0.398 e. The molecule has 1 aliphatic heterocycles. The summed E-state index contributed by atoms with van der Waals surface area (Å²) in [6, 6.07) is 13.8. The van der Waals surface area contributed by atoms with Gasteiger partial charge in [0, 0.05) is 11.3 Å². The van der Waals surface area contributed by atoms with Crippen LogP contribution >= 0.6 is 0 Å². The van der Waals surface area contributed by atoms with Crippen molar-refractivity contribution in [3.8, 4) is 11.1 Å². The maximum atomic E-state index is 12.6. The molecule has 0 spiro atoms. The third kappa shape index (κ3) is 2.40. The molecule has 3 nitrogen and oxygen atoms in total. The molecule has 1 unspecified atom stereocenters. The third-order valence-electron chi connectivity index (χ3n) is 3.98. The second-order valence-electron chi connectivity index (χ2n) is 6.03. The summed E-state index contributed by atoms with van der Waals surface area (Å²) < 4.78 is 0. The van der Waals surface area contributed by atoms with Crippen LogP contribution in [-0.2, 0) is 4.79 Å². The summed E-state index contributed by atoms with van der Waals surface area (Å²) in [4.78, 5) is 12.6. The van der Waals surface area contributed by atoms with Gasteiger partial charge in [-0.05, 0) is 35.6 Å². The van der Waals surface area contributed by atoms with Gasteiger partial charge in [-0.2, -0.15) is 0 Å². The summed E-state index contributed by atoms with van der Waals surface area (Å²) in [5.41, 5.74) is 10.7. The smallest absolute Gasteiger partial charge is 0.231 e. The molecule has 0 saturated carbocycles. The highest BCUT2D eigenvalue weighted by atomic mass is 16.1. The van der Waals surface area contributed by atoms with Gasteiger partial charge in [0.15, 0.2) is 0 Å². The van der Waals surface area contributed by atoms with Crippen molar-refractivity contribution in [3.63, 3.8) is 0 Å². The lowest BCUT2D eigenvalue weighted by molar-refractivity contribution is -0.117. The van der Waals surface area contributed by atoms with E-state index in [1.807, 2.05) is 36.4 Å². The van der Waals surface area contributed by atoms with E-state index in [9.17, 15) is 4.79 Å². The highest BCUT2D eigenvalue weighted by Crippen LogP contribution is 2.42. The van der Waals surface area contributed by atoms with Crippen LogP contribution in [0.15, 0.2) is 42.5 Å². The first kappa shape index (κ1) is 13.7. The quantitative estimate of drug-likeness (QED) is 0.816. The summed E-state index contributed by atoms with van der Waals surface area (Å²) in [5.74, 6) is 0.376. The van der Waals surface area contributed by atoms with Crippen molar-refractivity contribution >= 4 is 17.3 Å². The predicted molar refractivity (Wildman–Crippen MR) is 87.1 cm³/mol. The van der Waals surface area contributed by atoms with Crippen LogP contribution in [0.4, 0.5) is 11.4 Å². The van der Waals surface area contributed by atoms with E-state index in [0.717, 1.165) is 28.8 Å². The Kier molecular flexibility index (Phi) is 3.42. The first-order valence-electron chi connectivity index (χ1n) is 7.36. The van der Waals surface area contributed by atoms with Gasteiger partial charge < -0.3 is 11.1 Å². The molecule has 0 saturated heterocycles. The van der Waals surface area contributed by atoms with E-state index in [-0.39, 0.29) is 11.8 Å². The minimum atomic E-state index is -0.131. The van der Waals surface area contributed by atoms with E-state index >= 15 is 0 Å². The lowest BCUT2D eigenvalue weighted by atomic mass is 9.85. The maximum Gasteiger partial charge on any atom is 0.231 e. The zero-order valence-electron chi connectivity index (χ0n) is 12.4. The van der Waals surface area contributed by atoms with Gasteiger partial charge in [0.05, 0.1) is 11.6 Å². The van der Waals surface area contributed by atoms with Crippen LogP contribution in [-0.4, -0.2) is 5.91 Å². The Morgan fingerprint density at radius 1 is 1.14 bits per heavy atom. The van der Waals surface area contributed by atoms with Crippen LogP contribution in [0.5, 0.6) is 0 Å². The molecule has 0 radical (unpaired) electrons. The highest BCUT2D eigenvalue weighted by Gasteiger charge is 2.29. The van der Waals surface area contributed by atoms with Gasteiger partial charge in [-0.1, -0.05) is 44.2 Å². The molecule has 0 fully saturated rings. The summed E-state index contributed by atoms with van der Waals surface area (Å²) in [6.07, 6.45) is 0.830. The zero-order chi connectivity index (χ0) is 15.0. The molecule has 3 heteroatoms. The van der Waals surface area contributed by atoms with E-state index in [4.69, 9.17) is 5.73 Å². The second-order valence-corrected chi connectivity index (χ2v) is 6.03. The standard InChI is InChI=1S/C18H20N2O/c1-11(2)10-14-12-6-3-4-7-13(12)17-15(19)8-5-9-16(17)20-18(14)21/h3-9,11,14H,10,19H2,1-2H3,(H,20,21). The summed E-state index contributed by atoms with van der Waals surface area (Å²) in [5, 5.41) is 3.05. The number of nitrogen functional groups attached to an aromatic ring is 1. The fourth-order valence-electron chi connectivity index (χ4n) is 3.07. The van der Waals surface area contributed by atoms with E-state index < -0.39 is 0 Å². The molecule has 0 aliphatic carbocycles. The third-order valence-corrected chi connectivity index (χ3v) is 3.98. The average molecular weight is 280 g/mol. The summed E-state index contributed by atoms with van der Waals surface area (Å²) in [6.45, 7) is 4.28. The number of amides is 1. The Bertz CT molecular complexity index is 691. The van der Waals surface area contributed by atoms with Crippen LogP contribution in [0.25, 0.3) is 11.1 Å². The van der Waals surface area contributed by atoms with Crippen molar-refractivity contribution in [3.05, 3.63) is 48.0 Å². The molecule has 21 heavy (non-hydrogen) atoms. The number of benzene rings is 2. The van der Waals surface area contributed by atoms with E-state index in [1.165, 1.54) is 0 Å². The molecular formula is C18H20N2O. The van der Waals surface area contributed by atoms with Crippen molar-refractivity contribution in [1.82, 2.24) is 0 Å². The van der Waals surface area contributed by atoms with Gasteiger partial charge in [-0.25, -0.2) is 0 Å². The Labute approximate surface area is 125 Å². The lowest BCUT2D eigenvalue weighted by Gasteiger charge is -2.18. The maximum absolute atomic E-state index is 12.6. The van der Waals surface area contributed by atoms with E-state index in [2.05, 4.69) is 25.2 Å². The van der Waals surface area contributed by atoms with Crippen molar-refractivity contribution in [1.29, 1.82) is 0 Å². The lowest BCUT2D eigenvalue weighted by Crippen LogP contribution is -2.21. The molecule has 1 atom stereocenters. The molecule has 2 aromatic rings. The van der Waals surface area contributed by atoms with Crippen LogP contribution in [0.1, 0.15) is 31.7 Å². The number of carbonyl (C=O) groups excluding carboxylic acids is 1. The van der Waals surface area contributed by atoms with Gasteiger partial charge in [0.25, 0.3) is 0 Å². The number of nitrogens with two attached hydrogens (primary N) is 1. The fourth-order valence-corrected chi connectivity index (χ4v) is 3.07. The van der Waals surface area contributed by atoms with Crippen molar-refractivity contribution < 1.29 is 4.79 Å². The molecule has 1 amide bonds. The number of carbonyl (C=O) groups is 1. The Morgan fingerprint density at radius 2 is 1.90 bits per heavy atom. The van der Waals surface area contributed by atoms with Crippen LogP contribution < -0.4 is 11.1 Å². The topological polar surface area (TPSA) is 55.1 Å². The molecule has 3 rings (SSSR count). The van der Waals surface area contributed by atoms with Gasteiger partial charge in [0.2, 0.25) is 5.91 Å². The Morgan fingerprint density at radius 3 is 2.67 bits per heavy atom. The Balaban J connectivity index is 2.24. The van der Waals surface area contributed by atoms with Crippen molar-refractivity contribution in [2.75, 3.05) is 11.1 Å². The molecule has 0 bridgehead atoms. The number of fused-ring (bicyclic) bond motifs is 3. The molecule has 1 aliphatic rings. The molecule has 1 heterocycles. The SMILES string of the molecule is CC(C)CC1C(=O)Nc2cccc(N)c2-c2ccccc21. The van der Waals surface area contributed by atoms with Gasteiger partial charge in [-0.15, -0.1) is 0 Å². The molecular weight excluding hydrogens is 260 g/mol. The van der Waals surface area contributed by atoms with Gasteiger partial charge in [-0.3, -0.25) is 4.79 Å². The average Bonchev–Trinajstić information content (AvgIpc) is 2.55. The van der Waals surface area contributed by atoms with Gasteiger partial charge >= 0.3 is 0 Å². The number of hydrogen-bond acceptors (Lipinski definition) is 2. The van der Waals surface area contributed by atoms with Crippen molar-refractivity contribution in [2.24, 2.45) is 5.92 Å². The second kappa shape index (κ2) is 5.24. The Hall–Kier alpha value is -2.29. The minimum Gasteiger partial charge on any atom is -0.398 e. The first-order valence-corrected chi connectivity index (χ1v) is 7.36. The molecule has 108 valence electrons. The first-order chi connectivity index (χ1) is 10.1. The monoisotopic (exact) mass is 280 g/mol. The van der Waals surface area contributed by atoms with Gasteiger partial charge in [0.1, 0.15) is 0 Å².